The number of hydrogen-bond acceptors (Lipinski definition) is 4. The van der Waals surface area contributed by atoms with Crippen LogP contribution in [0, 0.1) is 13.7 Å². The second-order valence-corrected chi connectivity index (χ2v) is 8.01. The monoisotopic (exact) mass is 434 g/mol. The van der Waals surface area contributed by atoms with Gasteiger partial charge in [0.2, 0.25) is 0 Å². The van der Waals surface area contributed by atoms with E-state index in [-0.39, 0.29) is 17.6 Å². The van der Waals surface area contributed by atoms with Crippen molar-refractivity contribution in [3.63, 3.8) is 0 Å². The smallest absolute Gasteiger partial charge is 0.283 e. The molecule has 1 aromatic rings. The van der Waals surface area contributed by atoms with Crippen molar-refractivity contribution >= 4 is 45.9 Å². The van der Waals surface area contributed by atoms with Gasteiger partial charge in [0.25, 0.3) is 11.6 Å². The Morgan fingerprint density at radius 2 is 2.23 bits per heavy atom. The predicted octanol–water partition coefficient (Wildman–Crippen LogP) is 3.95. The van der Waals surface area contributed by atoms with Gasteiger partial charge in [-0.1, -0.05) is 13.0 Å². The van der Waals surface area contributed by atoms with Crippen molar-refractivity contribution in [2.24, 2.45) is 0 Å². The van der Waals surface area contributed by atoms with Crippen LogP contribution >= 0.6 is 34.4 Å². The Hall–Kier alpha value is -0.830. The molecule has 5 nitrogen and oxygen atoms in total. The Morgan fingerprint density at radius 1 is 1.50 bits per heavy atom. The van der Waals surface area contributed by atoms with Crippen LogP contribution in [0.5, 0.6) is 0 Å². The van der Waals surface area contributed by atoms with Gasteiger partial charge in [-0.15, -0.1) is 0 Å². The number of carbonyl (C=O) groups is 1. The topological polar surface area (TPSA) is 63.5 Å². The number of halogens is 1. The lowest BCUT2D eigenvalue weighted by molar-refractivity contribution is -0.385. The lowest BCUT2D eigenvalue weighted by Crippen LogP contribution is -2.36. The first-order valence-corrected chi connectivity index (χ1v) is 9.40. The Labute approximate surface area is 148 Å². The molecule has 120 valence electrons. The van der Waals surface area contributed by atoms with E-state index in [1.54, 1.807) is 24.1 Å². The quantitative estimate of drug-likeness (QED) is 0.400. The van der Waals surface area contributed by atoms with Gasteiger partial charge < -0.3 is 4.90 Å². The molecular weight excluding hydrogens is 415 g/mol. The first-order valence-electron chi connectivity index (χ1n) is 7.27. The van der Waals surface area contributed by atoms with Crippen molar-refractivity contribution in [1.82, 2.24) is 4.90 Å². The van der Waals surface area contributed by atoms with E-state index in [0.717, 1.165) is 25.0 Å². The highest BCUT2D eigenvalue weighted by Gasteiger charge is 2.31. The molecule has 1 aliphatic carbocycles. The highest BCUT2D eigenvalue weighted by Crippen LogP contribution is 2.33. The van der Waals surface area contributed by atoms with Crippen molar-refractivity contribution in [1.29, 1.82) is 0 Å². The minimum Gasteiger partial charge on any atom is -0.339 e. The second-order valence-electron chi connectivity index (χ2n) is 5.36. The molecule has 0 saturated heterocycles. The van der Waals surface area contributed by atoms with Crippen molar-refractivity contribution in [3.05, 3.63) is 37.4 Å². The lowest BCUT2D eigenvalue weighted by atomic mass is 10.1. The average molecular weight is 434 g/mol. The first-order chi connectivity index (χ1) is 10.5. The predicted molar refractivity (Wildman–Crippen MR) is 97.5 cm³/mol. The number of thioether (sulfide) groups is 1. The number of nitro groups is 1. The summed E-state index contributed by atoms with van der Waals surface area (Å²) in [5, 5.41) is 11.6. The average Bonchev–Trinajstić information content (AvgIpc) is 2.94. The molecule has 0 N–H and O–H groups in total. The highest BCUT2D eigenvalue weighted by atomic mass is 127. The normalized spacial score (nSPS) is 20.9. The maximum atomic E-state index is 12.7. The van der Waals surface area contributed by atoms with Gasteiger partial charge in [0, 0.05) is 24.4 Å². The van der Waals surface area contributed by atoms with E-state index < -0.39 is 4.92 Å². The number of nitrogens with zero attached hydrogens (tertiary/aromatic N) is 2. The van der Waals surface area contributed by atoms with E-state index in [4.69, 9.17) is 0 Å². The van der Waals surface area contributed by atoms with Crippen molar-refractivity contribution in [2.45, 2.75) is 37.5 Å². The molecule has 0 bridgehead atoms. The highest BCUT2D eigenvalue weighted by molar-refractivity contribution is 14.1. The molecule has 1 aromatic carbocycles. The number of amides is 1. The third-order valence-electron chi connectivity index (χ3n) is 4.03. The fourth-order valence-corrected chi connectivity index (χ4v) is 4.76. The minimum absolute atomic E-state index is 0.00862. The summed E-state index contributed by atoms with van der Waals surface area (Å²) in [6, 6.07) is 4.90. The number of hydrogen-bond donors (Lipinski definition) is 0. The van der Waals surface area contributed by atoms with E-state index >= 15 is 0 Å². The van der Waals surface area contributed by atoms with Crippen LogP contribution in [0.15, 0.2) is 18.2 Å². The van der Waals surface area contributed by atoms with Crippen LogP contribution in [0.3, 0.4) is 0 Å². The number of rotatable bonds is 5. The molecule has 2 atom stereocenters. The zero-order valence-corrected chi connectivity index (χ0v) is 15.6. The molecule has 1 fully saturated rings. The largest absolute Gasteiger partial charge is 0.339 e. The SMILES string of the molecule is CCS[C@H]1CC[C@@H](N(C)C(=O)c2cccc([N+](=O)[O-])c2I)C1. The maximum Gasteiger partial charge on any atom is 0.283 e. The molecule has 0 aliphatic heterocycles. The Balaban J connectivity index is 2.15. The zero-order chi connectivity index (χ0) is 16.3. The third kappa shape index (κ3) is 3.73. The van der Waals surface area contributed by atoms with Crippen LogP contribution < -0.4 is 0 Å². The van der Waals surface area contributed by atoms with Crippen molar-refractivity contribution in [3.8, 4) is 0 Å². The number of carbonyl (C=O) groups excluding carboxylic acids is 1. The van der Waals surface area contributed by atoms with Crippen LogP contribution in [0.4, 0.5) is 5.69 Å². The standard InChI is InChI=1S/C15H19IN2O3S/c1-3-22-11-8-7-10(9-11)17(2)15(19)12-5-4-6-13(14(12)16)18(20)21/h4-6,10-11H,3,7-9H2,1-2H3/t10-,11+/m1/s1. The fraction of sp³-hybridized carbons (Fsp3) is 0.533. The van der Waals surface area contributed by atoms with Gasteiger partial charge in [-0.2, -0.15) is 11.8 Å². The molecule has 1 saturated carbocycles. The van der Waals surface area contributed by atoms with Crippen molar-refractivity contribution < 1.29 is 9.72 Å². The summed E-state index contributed by atoms with van der Waals surface area (Å²) >= 11 is 3.84. The fourth-order valence-electron chi connectivity index (χ4n) is 2.84. The minimum atomic E-state index is -0.442. The molecule has 7 heteroatoms. The Bertz CT molecular complexity index is 582. The Kier molecular flexibility index (Phi) is 6.08. The van der Waals surface area contributed by atoms with Gasteiger partial charge in [-0.05, 0) is 53.7 Å². The summed E-state index contributed by atoms with van der Waals surface area (Å²) in [6.45, 7) is 2.15. The van der Waals surface area contributed by atoms with E-state index in [1.807, 2.05) is 34.4 Å². The summed E-state index contributed by atoms with van der Waals surface area (Å²) < 4.78 is 0.416. The molecule has 0 radical (unpaired) electrons. The molecule has 0 aromatic heterocycles. The molecule has 1 aliphatic rings. The summed E-state index contributed by atoms with van der Waals surface area (Å²) in [5.41, 5.74) is 0.412. The van der Waals surface area contributed by atoms with Gasteiger partial charge in [0.1, 0.15) is 3.57 Å². The van der Waals surface area contributed by atoms with Crippen LogP contribution in [0.1, 0.15) is 36.5 Å². The summed E-state index contributed by atoms with van der Waals surface area (Å²) in [7, 11) is 1.81. The van der Waals surface area contributed by atoms with E-state index in [9.17, 15) is 14.9 Å². The third-order valence-corrected chi connectivity index (χ3v) is 6.40. The van der Waals surface area contributed by atoms with E-state index in [2.05, 4.69) is 6.92 Å². The molecule has 2 rings (SSSR count). The molecular formula is C15H19IN2O3S. The molecule has 0 unspecified atom stereocenters. The molecule has 0 spiro atoms. The van der Waals surface area contributed by atoms with Gasteiger partial charge >= 0.3 is 0 Å². The summed E-state index contributed by atoms with van der Waals surface area (Å²) in [4.78, 5) is 25.0. The lowest BCUT2D eigenvalue weighted by Gasteiger charge is -2.25. The van der Waals surface area contributed by atoms with Crippen LogP contribution in [0.2, 0.25) is 0 Å². The van der Waals surface area contributed by atoms with E-state index in [0.29, 0.717) is 14.4 Å². The second kappa shape index (κ2) is 7.63. The van der Waals surface area contributed by atoms with Gasteiger partial charge in [0.05, 0.1) is 10.5 Å². The molecule has 22 heavy (non-hydrogen) atoms. The van der Waals surface area contributed by atoms with Crippen molar-refractivity contribution in [2.75, 3.05) is 12.8 Å². The summed E-state index contributed by atoms with van der Waals surface area (Å²) in [6.07, 6.45) is 3.14. The zero-order valence-electron chi connectivity index (χ0n) is 12.6. The van der Waals surface area contributed by atoms with Gasteiger partial charge in [-0.25, -0.2) is 0 Å². The maximum absolute atomic E-state index is 12.7. The van der Waals surface area contributed by atoms with E-state index in [1.165, 1.54) is 6.07 Å². The van der Waals surface area contributed by atoms with Gasteiger partial charge in [-0.3, -0.25) is 14.9 Å². The van der Waals surface area contributed by atoms with Crippen LogP contribution in [-0.2, 0) is 0 Å². The first kappa shape index (κ1) is 17.5. The van der Waals surface area contributed by atoms with Crippen LogP contribution in [-0.4, -0.2) is 39.8 Å². The van der Waals surface area contributed by atoms with Gasteiger partial charge in [0.15, 0.2) is 0 Å². The van der Waals surface area contributed by atoms with Crippen LogP contribution in [0.25, 0.3) is 0 Å². The number of nitro benzene ring substituents is 1. The molecule has 0 heterocycles. The summed E-state index contributed by atoms with van der Waals surface area (Å²) in [5.74, 6) is 0.970. The number of benzene rings is 1. The Morgan fingerprint density at radius 3 is 2.86 bits per heavy atom. The molecule has 1 amide bonds.